The highest BCUT2D eigenvalue weighted by Crippen LogP contribution is 2.15. The molecule has 0 fully saturated rings. The molecule has 2 aromatic carbocycles. The van der Waals surface area contributed by atoms with Crippen molar-refractivity contribution in [2.45, 2.75) is 20.4 Å². The molecule has 3 rings (SSSR count). The lowest BCUT2D eigenvalue weighted by molar-refractivity contribution is 0.708. The fraction of sp³-hybridized carbons (Fsp3) is 0.158. The molecule has 0 aliphatic rings. The molecule has 3 aromatic rings. The van der Waals surface area contributed by atoms with Gasteiger partial charge >= 0.3 is 0 Å². The molecule has 4 heteroatoms. The predicted octanol–water partition coefficient (Wildman–Crippen LogP) is 4.50. The lowest BCUT2D eigenvalue weighted by Crippen LogP contribution is -2.23. The molecular weight excluding hydrogens is 399 g/mol. The van der Waals surface area contributed by atoms with E-state index in [1.807, 2.05) is 49.4 Å². The molecule has 0 saturated carbocycles. The molecule has 116 valence electrons. The smallest absolute Gasteiger partial charge is 0.261 e. The van der Waals surface area contributed by atoms with E-state index >= 15 is 0 Å². The van der Waals surface area contributed by atoms with E-state index in [2.05, 4.69) is 46.6 Å². The minimum absolute atomic E-state index is 0.0143. The number of halogens is 1. The third-order valence-corrected chi connectivity index (χ3v) is 4.53. The van der Waals surface area contributed by atoms with Crippen LogP contribution in [0.4, 0.5) is 0 Å². The molecule has 0 bridgehead atoms. The molecular formula is C19H17IN2O. The molecule has 1 aromatic heterocycles. The van der Waals surface area contributed by atoms with E-state index in [1.165, 1.54) is 5.56 Å². The van der Waals surface area contributed by atoms with Crippen LogP contribution >= 0.6 is 22.6 Å². The van der Waals surface area contributed by atoms with Gasteiger partial charge in [-0.2, -0.15) is 0 Å². The Labute approximate surface area is 148 Å². The molecule has 0 aliphatic carbocycles. The Bertz CT molecular complexity index is 957. The van der Waals surface area contributed by atoms with E-state index in [1.54, 1.807) is 4.57 Å². The van der Waals surface area contributed by atoms with Crippen LogP contribution in [0.2, 0.25) is 0 Å². The van der Waals surface area contributed by atoms with Gasteiger partial charge in [0.15, 0.2) is 0 Å². The van der Waals surface area contributed by atoms with Crippen molar-refractivity contribution < 1.29 is 0 Å². The molecule has 23 heavy (non-hydrogen) atoms. The standard InChI is InChI=1S/C19H17IN2O/c1-3-22-18(11-8-14-7-5-4-6-13(14)2)21-17-10-9-15(20)12-16(17)19(22)23/h4-12H,3H2,1-2H3. The summed E-state index contributed by atoms with van der Waals surface area (Å²) < 4.78 is 2.76. The summed E-state index contributed by atoms with van der Waals surface area (Å²) in [7, 11) is 0. The summed E-state index contributed by atoms with van der Waals surface area (Å²) in [6.07, 6.45) is 3.94. The Balaban J connectivity index is 2.16. The van der Waals surface area contributed by atoms with Crippen molar-refractivity contribution in [3.63, 3.8) is 0 Å². The van der Waals surface area contributed by atoms with Crippen molar-refractivity contribution in [2.75, 3.05) is 0 Å². The summed E-state index contributed by atoms with van der Waals surface area (Å²) in [6, 6.07) is 13.9. The van der Waals surface area contributed by atoms with E-state index in [-0.39, 0.29) is 5.56 Å². The van der Waals surface area contributed by atoms with Gasteiger partial charge in [0.2, 0.25) is 0 Å². The van der Waals surface area contributed by atoms with Gasteiger partial charge in [0.1, 0.15) is 5.82 Å². The summed E-state index contributed by atoms with van der Waals surface area (Å²) in [5, 5.41) is 0.673. The SMILES string of the molecule is CCn1c(C=Cc2ccccc2C)nc2ccc(I)cc2c1=O. The van der Waals surface area contributed by atoms with E-state index in [0.717, 1.165) is 14.7 Å². The van der Waals surface area contributed by atoms with Crippen molar-refractivity contribution in [1.82, 2.24) is 9.55 Å². The molecule has 0 amide bonds. The van der Waals surface area contributed by atoms with Crippen LogP contribution < -0.4 is 5.56 Å². The second-order valence-corrected chi connectivity index (χ2v) is 6.62. The first-order chi connectivity index (χ1) is 11.1. The van der Waals surface area contributed by atoms with Gasteiger partial charge in [-0.1, -0.05) is 30.3 Å². The van der Waals surface area contributed by atoms with Crippen molar-refractivity contribution >= 4 is 45.6 Å². The summed E-state index contributed by atoms with van der Waals surface area (Å²) in [6.45, 7) is 4.64. The first-order valence-electron chi connectivity index (χ1n) is 7.54. The lowest BCUT2D eigenvalue weighted by atomic mass is 10.1. The number of aromatic nitrogens is 2. The normalized spacial score (nSPS) is 11.4. The number of fused-ring (bicyclic) bond motifs is 1. The number of benzene rings is 2. The predicted molar refractivity (Wildman–Crippen MR) is 105 cm³/mol. The first kappa shape index (κ1) is 15.9. The monoisotopic (exact) mass is 416 g/mol. The zero-order chi connectivity index (χ0) is 16.4. The van der Waals surface area contributed by atoms with E-state index in [4.69, 9.17) is 0 Å². The Hall–Kier alpha value is -1.95. The highest BCUT2D eigenvalue weighted by molar-refractivity contribution is 14.1. The topological polar surface area (TPSA) is 34.9 Å². The number of hydrogen-bond acceptors (Lipinski definition) is 2. The summed E-state index contributed by atoms with van der Waals surface area (Å²) >= 11 is 2.22. The maximum absolute atomic E-state index is 12.7. The number of hydrogen-bond donors (Lipinski definition) is 0. The first-order valence-corrected chi connectivity index (χ1v) is 8.62. The van der Waals surface area contributed by atoms with Gasteiger partial charge in [0.05, 0.1) is 10.9 Å². The number of rotatable bonds is 3. The zero-order valence-electron chi connectivity index (χ0n) is 13.1. The second kappa shape index (κ2) is 6.66. The van der Waals surface area contributed by atoms with Gasteiger partial charge in [0.25, 0.3) is 5.56 Å². The average Bonchev–Trinajstić information content (AvgIpc) is 2.55. The lowest BCUT2D eigenvalue weighted by Gasteiger charge is -2.09. The van der Waals surface area contributed by atoms with E-state index in [9.17, 15) is 4.79 Å². The number of aryl methyl sites for hydroxylation is 1. The summed E-state index contributed by atoms with van der Waals surface area (Å²) in [4.78, 5) is 17.4. The molecule has 0 saturated heterocycles. The minimum Gasteiger partial charge on any atom is -0.293 e. The van der Waals surface area contributed by atoms with Crippen LogP contribution in [0.5, 0.6) is 0 Å². The van der Waals surface area contributed by atoms with Crippen LogP contribution in [-0.2, 0) is 6.54 Å². The van der Waals surface area contributed by atoms with Crippen LogP contribution in [0.25, 0.3) is 23.1 Å². The van der Waals surface area contributed by atoms with Crippen molar-refractivity contribution in [1.29, 1.82) is 0 Å². The maximum atomic E-state index is 12.7. The molecule has 0 unspecified atom stereocenters. The number of nitrogens with zero attached hydrogens (tertiary/aromatic N) is 2. The quantitative estimate of drug-likeness (QED) is 0.590. The third kappa shape index (κ3) is 3.22. The molecule has 0 aliphatic heterocycles. The fourth-order valence-electron chi connectivity index (χ4n) is 2.58. The van der Waals surface area contributed by atoms with Crippen LogP contribution in [-0.4, -0.2) is 9.55 Å². The molecule has 3 nitrogen and oxygen atoms in total. The Morgan fingerprint density at radius 1 is 1.17 bits per heavy atom. The summed E-state index contributed by atoms with van der Waals surface area (Å²) in [5.41, 5.74) is 3.08. The Morgan fingerprint density at radius 2 is 1.96 bits per heavy atom. The van der Waals surface area contributed by atoms with Crippen molar-refractivity contribution in [3.8, 4) is 0 Å². The Morgan fingerprint density at radius 3 is 2.70 bits per heavy atom. The van der Waals surface area contributed by atoms with Crippen LogP contribution in [0.15, 0.2) is 47.3 Å². The molecule has 0 N–H and O–H groups in total. The molecule has 1 heterocycles. The molecule has 0 spiro atoms. The van der Waals surface area contributed by atoms with Crippen molar-refractivity contribution in [3.05, 3.63) is 73.3 Å². The zero-order valence-corrected chi connectivity index (χ0v) is 15.2. The fourth-order valence-corrected chi connectivity index (χ4v) is 3.07. The van der Waals surface area contributed by atoms with Gasteiger partial charge < -0.3 is 0 Å². The molecule has 0 radical (unpaired) electrons. The van der Waals surface area contributed by atoms with E-state index < -0.39 is 0 Å². The van der Waals surface area contributed by atoms with Gasteiger partial charge in [-0.3, -0.25) is 9.36 Å². The van der Waals surface area contributed by atoms with Gasteiger partial charge in [-0.05, 0) is 71.8 Å². The average molecular weight is 416 g/mol. The van der Waals surface area contributed by atoms with Gasteiger partial charge in [0, 0.05) is 10.1 Å². The van der Waals surface area contributed by atoms with Gasteiger partial charge in [-0.25, -0.2) is 4.98 Å². The summed E-state index contributed by atoms with van der Waals surface area (Å²) in [5.74, 6) is 0.689. The minimum atomic E-state index is 0.0143. The highest BCUT2D eigenvalue weighted by atomic mass is 127. The van der Waals surface area contributed by atoms with Crippen LogP contribution in [0.1, 0.15) is 23.9 Å². The van der Waals surface area contributed by atoms with E-state index in [0.29, 0.717) is 17.8 Å². The Kier molecular flexibility index (Phi) is 4.61. The maximum Gasteiger partial charge on any atom is 0.261 e. The van der Waals surface area contributed by atoms with Crippen LogP contribution in [0, 0.1) is 10.5 Å². The second-order valence-electron chi connectivity index (χ2n) is 5.37. The van der Waals surface area contributed by atoms with Gasteiger partial charge in [-0.15, -0.1) is 0 Å². The largest absolute Gasteiger partial charge is 0.293 e. The van der Waals surface area contributed by atoms with Crippen LogP contribution in [0.3, 0.4) is 0 Å². The third-order valence-electron chi connectivity index (χ3n) is 3.86. The van der Waals surface area contributed by atoms with Crippen molar-refractivity contribution in [2.24, 2.45) is 0 Å². The highest BCUT2D eigenvalue weighted by Gasteiger charge is 2.08. The molecule has 0 atom stereocenters.